The molecule has 2 bridgehead atoms. The maximum absolute atomic E-state index is 2.56. The fourth-order valence-electron chi connectivity index (χ4n) is 4.57. The van der Waals surface area contributed by atoms with E-state index in [1.54, 1.807) is 16.7 Å². The minimum atomic E-state index is 0.360. The van der Waals surface area contributed by atoms with Crippen LogP contribution in [0, 0.1) is 11.3 Å². The summed E-state index contributed by atoms with van der Waals surface area (Å²) in [6.07, 6.45) is 8.96. The van der Waals surface area contributed by atoms with Crippen molar-refractivity contribution in [2.75, 3.05) is 0 Å². The van der Waals surface area contributed by atoms with Crippen LogP contribution in [0.5, 0.6) is 0 Å². The summed E-state index contributed by atoms with van der Waals surface area (Å²) in [5.74, 6) is 0.673. The summed E-state index contributed by atoms with van der Waals surface area (Å²) in [4.78, 5) is 0. The third-order valence-corrected chi connectivity index (χ3v) is 5.17. The van der Waals surface area contributed by atoms with E-state index in [4.69, 9.17) is 0 Å². The average molecular weight is 248 g/mol. The molecule has 0 radical (unpaired) electrons. The Kier molecular flexibility index (Phi) is 2.21. The topological polar surface area (TPSA) is 0 Å². The van der Waals surface area contributed by atoms with Gasteiger partial charge in [-0.1, -0.05) is 48.1 Å². The highest BCUT2D eigenvalue weighted by Crippen LogP contribution is 2.67. The molecule has 0 N–H and O–H groups in total. The summed E-state index contributed by atoms with van der Waals surface area (Å²) >= 11 is 0. The molecule has 19 heavy (non-hydrogen) atoms. The molecule has 3 aliphatic carbocycles. The number of fused-ring (bicyclic) bond motifs is 1. The van der Waals surface area contributed by atoms with E-state index in [-0.39, 0.29) is 0 Å². The molecule has 0 amide bonds. The highest BCUT2D eigenvalue weighted by molar-refractivity contribution is 5.82. The first kappa shape index (κ1) is 11.3. The Labute approximate surface area is 115 Å². The SMILES string of the molecule is CC(C)=C1C2=CCC[C@]23C[C@H]1C=C3c1ccccc1. The predicted molar refractivity (Wildman–Crippen MR) is 80.7 cm³/mol. The standard InChI is InChI=1S/C19H20/c1-13(2)18-15-11-17(14-7-4-3-5-8-14)19(12-15)10-6-9-16(18)19/h3-5,7-9,11,15H,6,10,12H2,1-2H3/t15-,19+/m1/s1. The zero-order chi connectivity index (χ0) is 13.0. The number of rotatable bonds is 1. The van der Waals surface area contributed by atoms with Gasteiger partial charge in [0.2, 0.25) is 0 Å². The van der Waals surface area contributed by atoms with Crippen molar-refractivity contribution >= 4 is 5.57 Å². The van der Waals surface area contributed by atoms with Crippen LogP contribution >= 0.6 is 0 Å². The summed E-state index contributed by atoms with van der Waals surface area (Å²) < 4.78 is 0. The van der Waals surface area contributed by atoms with Gasteiger partial charge in [-0.2, -0.15) is 0 Å². The Hall–Kier alpha value is -1.56. The number of allylic oxidation sites excluding steroid dienone is 6. The van der Waals surface area contributed by atoms with Crippen molar-refractivity contribution in [2.24, 2.45) is 11.3 Å². The van der Waals surface area contributed by atoms with Gasteiger partial charge in [0, 0.05) is 11.3 Å². The van der Waals surface area contributed by atoms with Gasteiger partial charge in [0.1, 0.15) is 0 Å². The van der Waals surface area contributed by atoms with E-state index < -0.39 is 0 Å². The molecule has 0 nitrogen and oxygen atoms in total. The van der Waals surface area contributed by atoms with Gasteiger partial charge in [0.05, 0.1) is 0 Å². The highest BCUT2D eigenvalue weighted by atomic mass is 14.6. The second-order valence-corrected chi connectivity index (χ2v) is 6.41. The van der Waals surface area contributed by atoms with E-state index in [1.807, 2.05) is 0 Å². The zero-order valence-corrected chi connectivity index (χ0v) is 11.7. The summed E-state index contributed by atoms with van der Waals surface area (Å²) in [5.41, 5.74) is 8.23. The molecular weight excluding hydrogens is 228 g/mol. The fourth-order valence-corrected chi connectivity index (χ4v) is 4.57. The monoisotopic (exact) mass is 248 g/mol. The van der Waals surface area contributed by atoms with E-state index in [9.17, 15) is 0 Å². The normalized spacial score (nSPS) is 31.3. The molecule has 2 atom stereocenters. The molecule has 0 unspecified atom stereocenters. The largest absolute Gasteiger partial charge is 0.0801 e. The van der Waals surface area contributed by atoms with Crippen LogP contribution in [-0.2, 0) is 0 Å². The van der Waals surface area contributed by atoms with Gasteiger partial charge >= 0.3 is 0 Å². The minimum Gasteiger partial charge on any atom is -0.0801 e. The molecule has 0 heterocycles. The van der Waals surface area contributed by atoms with Crippen LogP contribution in [0.1, 0.15) is 38.7 Å². The average Bonchev–Trinajstić information content (AvgIpc) is 3.05. The van der Waals surface area contributed by atoms with Gasteiger partial charge in [-0.05, 0) is 55.4 Å². The van der Waals surface area contributed by atoms with E-state index >= 15 is 0 Å². The van der Waals surface area contributed by atoms with Crippen LogP contribution in [0.4, 0.5) is 0 Å². The molecule has 4 rings (SSSR count). The molecule has 96 valence electrons. The van der Waals surface area contributed by atoms with Crippen molar-refractivity contribution in [1.29, 1.82) is 0 Å². The lowest BCUT2D eigenvalue weighted by Gasteiger charge is -2.30. The molecule has 0 saturated heterocycles. The third kappa shape index (κ3) is 1.35. The second kappa shape index (κ2) is 3.72. The lowest BCUT2D eigenvalue weighted by Crippen LogP contribution is -2.16. The fraction of sp³-hybridized carbons (Fsp3) is 0.368. The lowest BCUT2D eigenvalue weighted by atomic mass is 9.73. The van der Waals surface area contributed by atoms with Crippen LogP contribution in [0.2, 0.25) is 0 Å². The third-order valence-electron chi connectivity index (χ3n) is 5.17. The Morgan fingerprint density at radius 2 is 1.89 bits per heavy atom. The maximum Gasteiger partial charge on any atom is 0.0217 e. The number of benzene rings is 1. The molecule has 1 aromatic carbocycles. The van der Waals surface area contributed by atoms with Crippen molar-refractivity contribution in [1.82, 2.24) is 0 Å². The summed E-state index contributed by atoms with van der Waals surface area (Å²) in [7, 11) is 0. The molecule has 1 saturated carbocycles. The quantitative estimate of drug-likeness (QED) is 0.645. The van der Waals surface area contributed by atoms with Crippen molar-refractivity contribution < 1.29 is 0 Å². The van der Waals surface area contributed by atoms with Crippen LogP contribution in [0.15, 0.2) is 59.2 Å². The van der Waals surface area contributed by atoms with Crippen molar-refractivity contribution in [2.45, 2.75) is 33.1 Å². The van der Waals surface area contributed by atoms with Crippen LogP contribution in [-0.4, -0.2) is 0 Å². The predicted octanol–water partition coefficient (Wildman–Crippen LogP) is 5.15. The molecule has 1 spiro atoms. The first-order valence-corrected chi connectivity index (χ1v) is 7.38. The van der Waals surface area contributed by atoms with Crippen molar-refractivity contribution in [3.8, 4) is 0 Å². The van der Waals surface area contributed by atoms with Gasteiger partial charge in [-0.25, -0.2) is 0 Å². The van der Waals surface area contributed by atoms with Crippen LogP contribution < -0.4 is 0 Å². The van der Waals surface area contributed by atoms with Crippen LogP contribution in [0.3, 0.4) is 0 Å². The molecular formula is C19H20. The molecule has 3 aliphatic rings. The van der Waals surface area contributed by atoms with E-state index in [0.717, 1.165) is 0 Å². The molecule has 0 heteroatoms. The van der Waals surface area contributed by atoms with Crippen molar-refractivity contribution in [3.63, 3.8) is 0 Å². The van der Waals surface area contributed by atoms with E-state index in [1.165, 1.54) is 30.4 Å². The van der Waals surface area contributed by atoms with Crippen LogP contribution in [0.25, 0.3) is 5.57 Å². The number of hydrogen-bond donors (Lipinski definition) is 0. The van der Waals surface area contributed by atoms with Gasteiger partial charge < -0.3 is 0 Å². The first-order chi connectivity index (χ1) is 9.22. The van der Waals surface area contributed by atoms with Gasteiger partial charge in [0.15, 0.2) is 0 Å². The maximum atomic E-state index is 2.56. The Balaban J connectivity index is 1.91. The second-order valence-electron chi connectivity index (χ2n) is 6.41. The molecule has 1 aromatic rings. The smallest absolute Gasteiger partial charge is 0.0217 e. The Bertz CT molecular complexity index is 623. The first-order valence-electron chi connectivity index (χ1n) is 7.38. The lowest BCUT2D eigenvalue weighted by molar-refractivity contribution is 0.482. The molecule has 0 aliphatic heterocycles. The summed E-state index contributed by atoms with van der Waals surface area (Å²) in [6.45, 7) is 4.55. The Morgan fingerprint density at radius 3 is 2.63 bits per heavy atom. The zero-order valence-electron chi connectivity index (χ0n) is 11.7. The minimum absolute atomic E-state index is 0.360. The van der Waals surface area contributed by atoms with Gasteiger partial charge in [0.25, 0.3) is 0 Å². The number of hydrogen-bond acceptors (Lipinski definition) is 0. The van der Waals surface area contributed by atoms with Crippen molar-refractivity contribution in [3.05, 3.63) is 64.8 Å². The van der Waals surface area contributed by atoms with E-state index in [0.29, 0.717) is 11.3 Å². The molecule has 0 aromatic heterocycles. The van der Waals surface area contributed by atoms with E-state index in [2.05, 4.69) is 56.3 Å². The van der Waals surface area contributed by atoms with Gasteiger partial charge in [-0.15, -0.1) is 0 Å². The van der Waals surface area contributed by atoms with Gasteiger partial charge in [-0.3, -0.25) is 0 Å². The summed E-state index contributed by atoms with van der Waals surface area (Å²) in [5, 5.41) is 0. The Morgan fingerprint density at radius 1 is 1.11 bits per heavy atom. The summed E-state index contributed by atoms with van der Waals surface area (Å²) in [6, 6.07) is 11.0. The highest BCUT2D eigenvalue weighted by Gasteiger charge is 2.54. The molecule has 1 fully saturated rings.